The van der Waals surface area contributed by atoms with E-state index in [9.17, 15) is 14.5 Å². The lowest BCUT2D eigenvalue weighted by atomic mass is 10.1. The molecule has 110 valence electrons. The maximum Gasteiger partial charge on any atom is 0.269 e. The molecule has 0 unspecified atom stereocenters. The number of nitrogens with one attached hydrogen (secondary N) is 1. The van der Waals surface area contributed by atoms with Gasteiger partial charge in [0.15, 0.2) is 11.6 Å². The molecule has 0 saturated carbocycles. The van der Waals surface area contributed by atoms with Crippen molar-refractivity contribution in [1.29, 1.82) is 0 Å². The van der Waals surface area contributed by atoms with Crippen molar-refractivity contribution in [3.05, 3.63) is 62.4 Å². The molecule has 0 aliphatic heterocycles. The summed E-state index contributed by atoms with van der Waals surface area (Å²) < 4.78 is 19.6. The molecule has 0 heterocycles. The van der Waals surface area contributed by atoms with Crippen LogP contribution in [0.5, 0.6) is 5.75 Å². The minimum absolute atomic E-state index is 0.0488. The van der Waals surface area contributed by atoms with Crippen LogP contribution in [0.25, 0.3) is 0 Å². The summed E-state index contributed by atoms with van der Waals surface area (Å²) in [5.41, 5.74) is 3.25. The van der Waals surface area contributed by atoms with Crippen molar-refractivity contribution >= 4 is 27.3 Å². The Hall–Kier alpha value is -2.19. The summed E-state index contributed by atoms with van der Waals surface area (Å²) in [5, 5.41) is 10.8. The van der Waals surface area contributed by atoms with E-state index in [1.54, 1.807) is 6.07 Å². The van der Waals surface area contributed by atoms with Crippen LogP contribution in [0.1, 0.15) is 5.56 Å². The van der Waals surface area contributed by atoms with Crippen molar-refractivity contribution in [3.63, 3.8) is 0 Å². The van der Waals surface area contributed by atoms with Crippen LogP contribution in [0, 0.1) is 15.9 Å². The van der Waals surface area contributed by atoms with Crippen LogP contribution in [0.3, 0.4) is 0 Å². The number of nitrogens with two attached hydrogens (primary N) is 1. The molecule has 0 aliphatic carbocycles. The maximum absolute atomic E-state index is 13.6. The van der Waals surface area contributed by atoms with Crippen LogP contribution in [-0.4, -0.2) is 4.92 Å². The number of nitrogens with zero attached hydrogens (tertiary/aromatic N) is 1. The summed E-state index contributed by atoms with van der Waals surface area (Å²) in [6, 6.07) is 8.48. The van der Waals surface area contributed by atoms with E-state index in [-0.39, 0.29) is 18.0 Å². The SMILES string of the molecule is NNc1ccc([N+](=O)[O-])cc1COc1ccc(Br)cc1F. The van der Waals surface area contributed by atoms with Gasteiger partial charge in [-0.2, -0.15) is 0 Å². The van der Waals surface area contributed by atoms with E-state index in [1.807, 2.05) is 0 Å². The van der Waals surface area contributed by atoms with E-state index in [4.69, 9.17) is 10.6 Å². The lowest BCUT2D eigenvalue weighted by Gasteiger charge is -2.11. The molecule has 3 N–H and O–H groups in total. The molecular formula is C13H11BrFN3O3. The first-order valence-electron chi connectivity index (χ1n) is 5.83. The smallest absolute Gasteiger partial charge is 0.269 e. The highest BCUT2D eigenvalue weighted by Crippen LogP contribution is 2.25. The van der Waals surface area contributed by atoms with Crippen molar-refractivity contribution in [2.45, 2.75) is 6.61 Å². The predicted octanol–water partition coefficient (Wildman–Crippen LogP) is 3.36. The lowest BCUT2D eigenvalue weighted by molar-refractivity contribution is -0.384. The molecule has 21 heavy (non-hydrogen) atoms. The van der Waals surface area contributed by atoms with E-state index in [1.165, 1.54) is 30.3 Å². The van der Waals surface area contributed by atoms with Gasteiger partial charge in [-0.3, -0.25) is 16.0 Å². The zero-order chi connectivity index (χ0) is 15.4. The van der Waals surface area contributed by atoms with Crippen molar-refractivity contribution in [2.24, 2.45) is 5.84 Å². The number of hydrogen-bond donors (Lipinski definition) is 2. The first kappa shape index (κ1) is 15.2. The summed E-state index contributed by atoms with van der Waals surface area (Å²) in [6.45, 7) is -0.0558. The quantitative estimate of drug-likeness (QED) is 0.487. The van der Waals surface area contributed by atoms with Gasteiger partial charge in [0, 0.05) is 22.2 Å². The highest BCUT2D eigenvalue weighted by Gasteiger charge is 2.12. The van der Waals surface area contributed by atoms with Gasteiger partial charge in [0.1, 0.15) is 6.61 Å². The third-order valence-corrected chi connectivity index (χ3v) is 3.23. The molecule has 0 amide bonds. The second-order valence-electron chi connectivity index (χ2n) is 4.11. The van der Waals surface area contributed by atoms with Gasteiger partial charge in [-0.25, -0.2) is 4.39 Å². The van der Waals surface area contributed by atoms with Crippen molar-refractivity contribution in [1.82, 2.24) is 0 Å². The Morgan fingerprint density at radius 3 is 2.71 bits per heavy atom. The van der Waals surface area contributed by atoms with E-state index in [0.717, 1.165) is 0 Å². The summed E-state index contributed by atoms with van der Waals surface area (Å²) in [7, 11) is 0. The molecule has 0 saturated heterocycles. The number of nitro benzene ring substituents is 1. The third-order valence-electron chi connectivity index (χ3n) is 2.73. The average Bonchev–Trinajstić information content (AvgIpc) is 2.46. The van der Waals surface area contributed by atoms with E-state index >= 15 is 0 Å². The minimum atomic E-state index is -0.530. The fraction of sp³-hybridized carbons (Fsp3) is 0.0769. The van der Waals surface area contributed by atoms with E-state index in [2.05, 4.69) is 21.4 Å². The summed E-state index contributed by atoms with van der Waals surface area (Å²) >= 11 is 3.14. The van der Waals surface area contributed by atoms with Gasteiger partial charge in [0.25, 0.3) is 5.69 Å². The van der Waals surface area contributed by atoms with Crippen LogP contribution in [0.4, 0.5) is 15.8 Å². The molecule has 0 fully saturated rings. The van der Waals surface area contributed by atoms with Gasteiger partial charge >= 0.3 is 0 Å². The molecule has 2 aromatic rings. The summed E-state index contributed by atoms with van der Waals surface area (Å²) in [5.74, 6) is 4.86. The normalized spacial score (nSPS) is 10.2. The second kappa shape index (κ2) is 6.51. The van der Waals surface area contributed by atoms with Gasteiger partial charge < -0.3 is 10.2 Å². The maximum atomic E-state index is 13.6. The number of hydrazine groups is 1. The van der Waals surface area contributed by atoms with Gasteiger partial charge in [-0.05, 0) is 24.3 Å². The number of hydrogen-bond acceptors (Lipinski definition) is 5. The second-order valence-corrected chi connectivity index (χ2v) is 5.02. The monoisotopic (exact) mass is 355 g/mol. The largest absolute Gasteiger partial charge is 0.486 e. The number of nitrogen functional groups attached to an aromatic ring is 1. The van der Waals surface area contributed by atoms with Gasteiger partial charge in [-0.15, -0.1) is 0 Å². The van der Waals surface area contributed by atoms with Crippen LogP contribution in [0.2, 0.25) is 0 Å². The lowest BCUT2D eigenvalue weighted by Crippen LogP contribution is -2.11. The van der Waals surface area contributed by atoms with Crippen molar-refractivity contribution < 1.29 is 14.1 Å². The Bertz CT molecular complexity index is 682. The van der Waals surface area contributed by atoms with Crippen LogP contribution in [-0.2, 0) is 6.61 Å². The van der Waals surface area contributed by atoms with E-state index in [0.29, 0.717) is 15.7 Å². The van der Waals surface area contributed by atoms with Gasteiger partial charge in [0.2, 0.25) is 0 Å². The Kier molecular flexibility index (Phi) is 4.71. The zero-order valence-electron chi connectivity index (χ0n) is 10.7. The number of rotatable bonds is 5. The first-order chi connectivity index (χ1) is 10.0. The summed E-state index contributed by atoms with van der Waals surface area (Å²) in [6.07, 6.45) is 0. The molecule has 2 rings (SSSR count). The Morgan fingerprint density at radius 2 is 2.10 bits per heavy atom. The van der Waals surface area contributed by atoms with Crippen molar-refractivity contribution in [3.8, 4) is 5.75 Å². The number of nitro groups is 1. The van der Waals surface area contributed by atoms with Crippen LogP contribution in [0.15, 0.2) is 40.9 Å². The first-order valence-corrected chi connectivity index (χ1v) is 6.62. The molecule has 6 nitrogen and oxygen atoms in total. The minimum Gasteiger partial charge on any atom is -0.486 e. The molecule has 0 bridgehead atoms. The Balaban J connectivity index is 2.22. The molecule has 0 spiro atoms. The fourth-order valence-corrected chi connectivity index (χ4v) is 2.03. The highest BCUT2D eigenvalue weighted by atomic mass is 79.9. The highest BCUT2D eigenvalue weighted by molar-refractivity contribution is 9.10. The third kappa shape index (κ3) is 3.67. The summed E-state index contributed by atoms with van der Waals surface area (Å²) in [4.78, 5) is 10.2. The van der Waals surface area contributed by atoms with E-state index < -0.39 is 10.7 Å². The average molecular weight is 356 g/mol. The fourth-order valence-electron chi connectivity index (χ4n) is 1.70. The standard InChI is InChI=1S/C13H11BrFN3O3/c14-9-1-4-13(11(15)6-9)21-7-8-5-10(18(19)20)2-3-12(8)17-16/h1-6,17H,7,16H2. The number of ether oxygens (including phenoxy) is 1. The Labute approximate surface area is 128 Å². The van der Waals surface area contributed by atoms with Crippen LogP contribution < -0.4 is 16.0 Å². The number of halogens is 2. The molecule has 2 aromatic carbocycles. The van der Waals surface area contributed by atoms with Gasteiger partial charge in [-0.1, -0.05) is 15.9 Å². The van der Waals surface area contributed by atoms with Crippen molar-refractivity contribution in [2.75, 3.05) is 5.43 Å². The molecule has 0 atom stereocenters. The van der Waals surface area contributed by atoms with Crippen LogP contribution >= 0.6 is 15.9 Å². The zero-order valence-corrected chi connectivity index (χ0v) is 12.3. The Morgan fingerprint density at radius 1 is 1.33 bits per heavy atom. The molecule has 0 aromatic heterocycles. The number of benzene rings is 2. The molecule has 8 heteroatoms. The topological polar surface area (TPSA) is 90.4 Å². The number of anilines is 1. The number of non-ortho nitro benzene ring substituents is 1. The molecular weight excluding hydrogens is 345 g/mol. The molecule has 0 radical (unpaired) electrons. The predicted molar refractivity (Wildman–Crippen MR) is 79.3 cm³/mol. The van der Waals surface area contributed by atoms with Gasteiger partial charge in [0.05, 0.1) is 10.6 Å². The molecule has 0 aliphatic rings.